The monoisotopic (exact) mass is 402 g/mol. The zero-order valence-corrected chi connectivity index (χ0v) is 16.4. The fourth-order valence-electron chi connectivity index (χ4n) is 3.16. The van der Waals surface area contributed by atoms with Gasteiger partial charge in [0.15, 0.2) is 0 Å². The van der Waals surface area contributed by atoms with Gasteiger partial charge in [-0.3, -0.25) is 0 Å². The molecule has 0 bridgehead atoms. The molecule has 0 unspecified atom stereocenters. The number of hydrogen-bond acceptors (Lipinski definition) is 6. The first-order chi connectivity index (χ1) is 14.0. The Hall–Kier alpha value is -3.29. The van der Waals surface area contributed by atoms with Crippen molar-refractivity contribution in [1.29, 1.82) is 0 Å². The van der Waals surface area contributed by atoms with Crippen LogP contribution in [0.25, 0.3) is 0 Å². The van der Waals surface area contributed by atoms with Crippen molar-refractivity contribution in [3.63, 3.8) is 0 Å². The summed E-state index contributed by atoms with van der Waals surface area (Å²) >= 11 is 0. The van der Waals surface area contributed by atoms with Crippen LogP contribution in [0, 0.1) is 5.82 Å². The highest BCUT2D eigenvalue weighted by atomic mass is 19.1. The fourth-order valence-corrected chi connectivity index (χ4v) is 3.16. The molecule has 154 valence electrons. The van der Waals surface area contributed by atoms with Gasteiger partial charge in [-0.2, -0.15) is 0 Å². The Labute approximate surface area is 168 Å². The zero-order chi connectivity index (χ0) is 20.8. The minimum Gasteiger partial charge on any atom is -0.496 e. The van der Waals surface area contributed by atoms with Crippen LogP contribution >= 0.6 is 0 Å². The molecular formula is C21H23FN2O5. The lowest BCUT2D eigenvalue weighted by atomic mass is 10.1. The summed E-state index contributed by atoms with van der Waals surface area (Å²) in [6.45, 7) is 1.86. The summed E-state index contributed by atoms with van der Waals surface area (Å²) in [5.74, 6) is -0.984. The van der Waals surface area contributed by atoms with Crippen LogP contribution in [0.5, 0.6) is 5.75 Å². The van der Waals surface area contributed by atoms with E-state index in [1.807, 2.05) is 30.3 Å². The molecule has 1 aliphatic rings. The molecule has 1 amide bonds. The van der Waals surface area contributed by atoms with Gasteiger partial charge in [-0.1, -0.05) is 30.3 Å². The van der Waals surface area contributed by atoms with E-state index in [0.29, 0.717) is 31.9 Å². The number of anilines is 1. The van der Waals surface area contributed by atoms with Crippen molar-refractivity contribution in [1.82, 2.24) is 4.90 Å². The lowest BCUT2D eigenvalue weighted by molar-refractivity contribution is 0.0596. The van der Waals surface area contributed by atoms with Gasteiger partial charge >= 0.3 is 12.1 Å². The van der Waals surface area contributed by atoms with E-state index in [1.165, 1.54) is 20.3 Å². The number of nitrogens with zero attached hydrogens (tertiary/aromatic N) is 2. The lowest BCUT2D eigenvalue weighted by Gasteiger charge is -2.35. The van der Waals surface area contributed by atoms with E-state index in [0.717, 1.165) is 11.6 Å². The van der Waals surface area contributed by atoms with Crippen molar-refractivity contribution < 1.29 is 28.2 Å². The highest BCUT2D eigenvalue weighted by Crippen LogP contribution is 2.30. The molecule has 2 aromatic carbocycles. The number of ether oxygens (including phenoxy) is 3. The molecule has 0 spiro atoms. The van der Waals surface area contributed by atoms with Crippen molar-refractivity contribution in [2.45, 2.75) is 6.61 Å². The Morgan fingerprint density at radius 2 is 1.72 bits per heavy atom. The Morgan fingerprint density at radius 3 is 2.34 bits per heavy atom. The Balaban J connectivity index is 1.61. The third-order valence-electron chi connectivity index (χ3n) is 4.76. The van der Waals surface area contributed by atoms with Crippen LogP contribution in [0.1, 0.15) is 15.9 Å². The van der Waals surface area contributed by atoms with Crippen molar-refractivity contribution in [2.75, 3.05) is 45.3 Å². The predicted octanol–water partition coefficient (Wildman–Crippen LogP) is 3.08. The van der Waals surface area contributed by atoms with E-state index < -0.39 is 17.9 Å². The molecule has 29 heavy (non-hydrogen) atoms. The van der Waals surface area contributed by atoms with Gasteiger partial charge in [-0.05, 0) is 11.6 Å². The maximum atomic E-state index is 14.6. The van der Waals surface area contributed by atoms with E-state index in [9.17, 15) is 14.0 Å². The topological polar surface area (TPSA) is 68.3 Å². The van der Waals surface area contributed by atoms with Crippen molar-refractivity contribution >= 4 is 17.7 Å². The van der Waals surface area contributed by atoms with Crippen LogP contribution in [0.3, 0.4) is 0 Å². The largest absolute Gasteiger partial charge is 0.496 e. The summed E-state index contributed by atoms with van der Waals surface area (Å²) < 4.78 is 29.8. The molecule has 0 atom stereocenters. The van der Waals surface area contributed by atoms with Gasteiger partial charge in [-0.15, -0.1) is 0 Å². The number of benzene rings is 2. The minimum absolute atomic E-state index is 0.0272. The first-order valence-corrected chi connectivity index (χ1v) is 9.20. The molecule has 8 heteroatoms. The third kappa shape index (κ3) is 4.77. The number of amides is 1. The number of methoxy groups -OCH3 is 2. The molecule has 0 saturated carbocycles. The summed E-state index contributed by atoms with van der Waals surface area (Å²) in [5.41, 5.74) is 1.26. The molecular weight excluding hydrogens is 379 g/mol. The van der Waals surface area contributed by atoms with Gasteiger partial charge in [0.25, 0.3) is 0 Å². The number of hydrogen-bond donors (Lipinski definition) is 0. The molecule has 0 radical (unpaired) electrons. The van der Waals surface area contributed by atoms with Crippen molar-refractivity contribution in [3.8, 4) is 5.75 Å². The molecule has 2 aromatic rings. The van der Waals surface area contributed by atoms with Crippen LogP contribution in [-0.4, -0.2) is 57.4 Å². The highest BCUT2D eigenvalue weighted by molar-refractivity contribution is 5.93. The molecule has 0 aromatic heterocycles. The summed E-state index contributed by atoms with van der Waals surface area (Å²) in [7, 11) is 2.63. The van der Waals surface area contributed by atoms with Crippen LogP contribution in [0.15, 0.2) is 42.5 Å². The van der Waals surface area contributed by atoms with Gasteiger partial charge in [0.2, 0.25) is 0 Å². The molecule has 1 fully saturated rings. The number of carbonyl (C=O) groups is 2. The lowest BCUT2D eigenvalue weighted by Crippen LogP contribution is -2.49. The molecule has 3 rings (SSSR count). The molecule has 0 N–H and O–H groups in total. The molecule has 1 saturated heterocycles. The number of halogens is 1. The van der Waals surface area contributed by atoms with E-state index in [2.05, 4.69) is 4.74 Å². The standard InChI is InChI=1S/C21H23FN2O5/c1-27-19-13-18(17(22)12-16(19)20(25)28-2)23-8-10-24(11-9-23)21(26)29-14-15-6-4-3-5-7-15/h3-7,12-13H,8-11,14H2,1-2H3. The van der Waals surface area contributed by atoms with Gasteiger partial charge in [0.1, 0.15) is 23.7 Å². The second kappa shape index (κ2) is 9.27. The zero-order valence-electron chi connectivity index (χ0n) is 16.4. The average molecular weight is 402 g/mol. The minimum atomic E-state index is -0.668. The second-order valence-corrected chi connectivity index (χ2v) is 6.51. The Kier molecular flexibility index (Phi) is 6.54. The number of carbonyl (C=O) groups excluding carboxylic acids is 2. The summed E-state index contributed by atoms with van der Waals surface area (Å²) in [5, 5.41) is 0. The molecule has 1 heterocycles. The van der Waals surface area contributed by atoms with E-state index in [4.69, 9.17) is 9.47 Å². The third-order valence-corrected chi connectivity index (χ3v) is 4.76. The van der Waals surface area contributed by atoms with Crippen molar-refractivity contribution in [2.24, 2.45) is 0 Å². The van der Waals surface area contributed by atoms with Crippen LogP contribution in [0.2, 0.25) is 0 Å². The number of piperazine rings is 1. The Morgan fingerprint density at radius 1 is 1.03 bits per heavy atom. The van der Waals surface area contributed by atoms with Crippen LogP contribution in [-0.2, 0) is 16.1 Å². The molecule has 7 nitrogen and oxygen atoms in total. The van der Waals surface area contributed by atoms with Crippen LogP contribution < -0.4 is 9.64 Å². The van der Waals surface area contributed by atoms with Gasteiger partial charge in [-0.25, -0.2) is 14.0 Å². The maximum absolute atomic E-state index is 14.6. The van der Waals surface area contributed by atoms with Gasteiger partial charge in [0.05, 0.1) is 19.9 Å². The van der Waals surface area contributed by atoms with E-state index in [1.54, 1.807) is 9.80 Å². The van der Waals surface area contributed by atoms with Gasteiger partial charge in [0, 0.05) is 32.2 Å². The van der Waals surface area contributed by atoms with E-state index >= 15 is 0 Å². The predicted molar refractivity (Wildman–Crippen MR) is 105 cm³/mol. The van der Waals surface area contributed by atoms with Crippen molar-refractivity contribution in [3.05, 3.63) is 59.4 Å². The van der Waals surface area contributed by atoms with Gasteiger partial charge < -0.3 is 24.0 Å². The average Bonchev–Trinajstić information content (AvgIpc) is 2.77. The number of rotatable bonds is 5. The summed E-state index contributed by atoms with van der Waals surface area (Å²) in [6, 6.07) is 12.0. The normalized spacial score (nSPS) is 13.8. The Bertz CT molecular complexity index is 867. The maximum Gasteiger partial charge on any atom is 0.410 e. The van der Waals surface area contributed by atoms with E-state index in [-0.39, 0.29) is 17.9 Å². The first kappa shape index (κ1) is 20.4. The van der Waals surface area contributed by atoms with Crippen LogP contribution in [0.4, 0.5) is 14.9 Å². The summed E-state index contributed by atoms with van der Waals surface area (Å²) in [4.78, 5) is 27.4. The molecule has 1 aliphatic heterocycles. The fraction of sp³-hybridized carbons (Fsp3) is 0.333. The second-order valence-electron chi connectivity index (χ2n) is 6.51. The smallest absolute Gasteiger partial charge is 0.410 e. The quantitative estimate of drug-likeness (QED) is 0.716. The molecule has 0 aliphatic carbocycles. The summed E-state index contributed by atoms with van der Waals surface area (Å²) in [6.07, 6.45) is -0.396. The highest BCUT2D eigenvalue weighted by Gasteiger charge is 2.26. The number of esters is 1. The first-order valence-electron chi connectivity index (χ1n) is 9.20. The SMILES string of the molecule is COC(=O)c1cc(F)c(N2CCN(C(=O)OCc3ccccc3)CC2)cc1OC.